The molecule has 1 heteroatoms. The maximum absolute atomic E-state index is 5.46. The number of hydrogen-bond donors (Lipinski definition) is 0. The molecule has 0 saturated carbocycles. The van der Waals surface area contributed by atoms with E-state index in [0.29, 0.717) is 5.88 Å². The van der Waals surface area contributed by atoms with Gasteiger partial charge in [0.1, 0.15) is 0 Å². The van der Waals surface area contributed by atoms with E-state index >= 15 is 0 Å². The summed E-state index contributed by atoms with van der Waals surface area (Å²) in [6.45, 7) is 0. The third-order valence-electron chi connectivity index (χ3n) is 2.17. The molecule has 0 saturated heterocycles. The second-order valence-electron chi connectivity index (χ2n) is 2.92. The van der Waals surface area contributed by atoms with Crippen LogP contribution in [0.3, 0.4) is 0 Å². The van der Waals surface area contributed by atoms with Crippen LogP contribution < -0.4 is 0 Å². The summed E-state index contributed by atoms with van der Waals surface area (Å²) in [5.74, 6) is 6.28. The second-order valence-corrected chi connectivity index (χ2v) is 3.19. The summed E-state index contributed by atoms with van der Waals surface area (Å²) in [7, 11) is 0. The van der Waals surface area contributed by atoms with E-state index in [9.17, 15) is 0 Å². The fourth-order valence-electron chi connectivity index (χ4n) is 1.41. The van der Waals surface area contributed by atoms with E-state index in [1.165, 1.54) is 24.0 Å². The van der Waals surface area contributed by atoms with Crippen LogP contribution in [0.2, 0.25) is 0 Å². The Morgan fingerprint density at radius 3 is 2.67 bits per heavy atom. The monoisotopic (exact) mass is 176 g/mol. The van der Waals surface area contributed by atoms with Crippen LogP contribution in [-0.4, -0.2) is 5.88 Å². The Bertz CT molecular complexity index is 355. The van der Waals surface area contributed by atoms with Crippen LogP contribution in [0.1, 0.15) is 16.7 Å². The van der Waals surface area contributed by atoms with Crippen LogP contribution in [0.25, 0.3) is 0 Å². The van der Waals surface area contributed by atoms with Gasteiger partial charge in [-0.15, -0.1) is 11.6 Å². The molecule has 0 radical (unpaired) electrons. The molecule has 1 aromatic carbocycles. The number of halogens is 1. The molecule has 0 bridgehead atoms. The highest BCUT2D eigenvalue weighted by atomic mass is 35.5. The van der Waals surface area contributed by atoms with Crippen molar-refractivity contribution in [3.8, 4) is 11.8 Å². The van der Waals surface area contributed by atoms with E-state index in [2.05, 4.69) is 30.0 Å². The molecule has 1 aliphatic carbocycles. The maximum Gasteiger partial charge on any atom is 0.0839 e. The van der Waals surface area contributed by atoms with Gasteiger partial charge in [0, 0.05) is 5.56 Å². The summed E-state index contributed by atoms with van der Waals surface area (Å²) >= 11 is 5.46. The normalized spacial score (nSPS) is 12.4. The van der Waals surface area contributed by atoms with Crippen LogP contribution in [-0.2, 0) is 12.8 Å². The molecule has 0 atom stereocenters. The largest absolute Gasteiger partial charge is 0.113 e. The fourth-order valence-corrected chi connectivity index (χ4v) is 1.48. The molecule has 0 fully saturated rings. The zero-order chi connectivity index (χ0) is 8.39. The molecule has 0 spiro atoms. The van der Waals surface area contributed by atoms with Gasteiger partial charge in [-0.3, -0.25) is 0 Å². The smallest absolute Gasteiger partial charge is 0.0839 e. The van der Waals surface area contributed by atoms with Crippen molar-refractivity contribution in [3.05, 3.63) is 34.9 Å². The third-order valence-corrected chi connectivity index (χ3v) is 2.30. The van der Waals surface area contributed by atoms with Gasteiger partial charge in [0.25, 0.3) is 0 Å². The van der Waals surface area contributed by atoms with Crippen molar-refractivity contribution in [2.45, 2.75) is 12.8 Å². The Balaban J connectivity index is 2.29. The summed E-state index contributed by atoms with van der Waals surface area (Å²) in [5.41, 5.74) is 4.02. The SMILES string of the molecule is ClCC#Cc1ccc2c(c1)CC2. The molecule has 0 unspecified atom stereocenters. The Hall–Kier alpha value is -0.930. The lowest BCUT2D eigenvalue weighted by atomic mass is 9.87. The van der Waals surface area contributed by atoms with E-state index in [1.54, 1.807) is 0 Å². The van der Waals surface area contributed by atoms with Gasteiger partial charge in [0.2, 0.25) is 0 Å². The lowest BCUT2D eigenvalue weighted by Crippen LogP contribution is -2.07. The second kappa shape index (κ2) is 3.21. The van der Waals surface area contributed by atoms with Crippen molar-refractivity contribution in [2.24, 2.45) is 0 Å². The van der Waals surface area contributed by atoms with Gasteiger partial charge >= 0.3 is 0 Å². The van der Waals surface area contributed by atoms with Crippen molar-refractivity contribution in [1.29, 1.82) is 0 Å². The van der Waals surface area contributed by atoms with E-state index in [-0.39, 0.29) is 0 Å². The molecule has 0 N–H and O–H groups in total. The molecule has 12 heavy (non-hydrogen) atoms. The minimum absolute atomic E-state index is 0.414. The van der Waals surface area contributed by atoms with E-state index in [0.717, 1.165) is 5.56 Å². The molecule has 1 aliphatic rings. The molecule has 0 nitrogen and oxygen atoms in total. The highest BCUT2D eigenvalue weighted by Gasteiger charge is 2.11. The minimum Gasteiger partial charge on any atom is -0.113 e. The number of benzene rings is 1. The molecule has 0 heterocycles. The molecule has 60 valence electrons. The van der Waals surface area contributed by atoms with Crippen molar-refractivity contribution in [3.63, 3.8) is 0 Å². The topological polar surface area (TPSA) is 0 Å². The highest BCUT2D eigenvalue weighted by molar-refractivity contribution is 6.19. The van der Waals surface area contributed by atoms with Gasteiger partial charge in [0.05, 0.1) is 5.88 Å². The first-order valence-electron chi connectivity index (χ1n) is 4.07. The average Bonchev–Trinajstić information content (AvgIpc) is 2.05. The summed E-state index contributed by atoms with van der Waals surface area (Å²) < 4.78 is 0. The quantitative estimate of drug-likeness (QED) is 0.421. The van der Waals surface area contributed by atoms with Gasteiger partial charge in [-0.05, 0) is 36.1 Å². The van der Waals surface area contributed by atoms with Crippen molar-refractivity contribution in [1.82, 2.24) is 0 Å². The zero-order valence-corrected chi connectivity index (χ0v) is 7.49. The highest BCUT2D eigenvalue weighted by Crippen LogP contribution is 2.23. The molecular formula is C11H9Cl. The van der Waals surface area contributed by atoms with Crippen molar-refractivity contribution >= 4 is 11.6 Å². The van der Waals surface area contributed by atoms with Crippen LogP contribution >= 0.6 is 11.6 Å². The molecular weight excluding hydrogens is 168 g/mol. The van der Waals surface area contributed by atoms with Crippen molar-refractivity contribution in [2.75, 3.05) is 5.88 Å². The third kappa shape index (κ3) is 1.33. The van der Waals surface area contributed by atoms with E-state index in [4.69, 9.17) is 11.6 Å². The number of fused-ring (bicyclic) bond motifs is 1. The van der Waals surface area contributed by atoms with Crippen LogP contribution in [0.4, 0.5) is 0 Å². The summed E-state index contributed by atoms with van der Waals surface area (Å²) in [4.78, 5) is 0. The minimum atomic E-state index is 0.414. The van der Waals surface area contributed by atoms with E-state index in [1.807, 2.05) is 0 Å². The predicted octanol–water partition coefficient (Wildman–Crippen LogP) is 2.38. The molecule has 2 rings (SSSR count). The maximum atomic E-state index is 5.46. The van der Waals surface area contributed by atoms with Gasteiger partial charge in [-0.25, -0.2) is 0 Å². The van der Waals surface area contributed by atoms with Gasteiger partial charge < -0.3 is 0 Å². The number of hydrogen-bond acceptors (Lipinski definition) is 0. The first kappa shape index (κ1) is 7.71. The Morgan fingerprint density at radius 1 is 1.25 bits per heavy atom. The standard InChI is InChI=1S/C11H9Cl/c12-7-1-2-9-3-4-10-5-6-11(10)8-9/h3-4,8H,5-7H2. The molecule has 0 aliphatic heterocycles. The summed E-state index contributed by atoms with van der Waals surface area (Å²) in [6, 6.07) is 6.40. The average molecular weight is 177 g/mol. The molecule has 0 aromatic heterocycles. The van der Waals surface area contributed by atoms with Crippen molar-refractivity contribution < 1.29 is 0 Å². The number of alkyl halides is 1. The van der Waals surface area contributed by atoms with Crippen LogP contribution in [0.5, 0.6) is 0 Å². The molecule has 0 amide bonds. The van der Waals surface area contributed by atoms with Gasteiger partial charge in [-0.2, -0.15) is 0 Å². The summed E-state index contributed by atoms with van der Waals surface area (Å²) in [5, 5.41) is 0. The zero-order valence-electron chi connectivity index (χ0n) is 6.73. The molecule has 1 aromatic rings. The van der Waals surface area contributed by atoms with E-state index < -0.39 is 0 Å². The predicted molar refractivity (Wildman–Crippen MR) is 51.4 cm³/mol. The first-order chi connectivity index (χ1) is 5.90. The first-order valence-corrected chi connectivity index (χ1v) is 4.60. The van der Waals surface area contributed by atoms with Gasteiger partial charge in [0.15, 0.2) is 0 Å². The number of aryl methyl sites for hydroxylation is 2. The Labute approximate surface area is 77.6 Å². The van der Waals surface area contributed by atoms with Crippen LogP contribution in [0.15, 0.2) is 18.2 Å². The fraction of sp³-hybridized carbons (Fsp3) is 0.273. The summed E-state index contributed by atoms with van der Waals surface area (Å²) in [6.07, 6.45) is 2.45. The Morgan fingerprint density at radius 2 is 2.08 bits per heavy atom. The number of rotatable bonds is 0. The Kier molecular flexibility index (Phi) is 2.06. The lowest BCUT2D eigenvalue weighted by molar-refractivity contribution is 0.838. The van der Waals surface area contributed by atoms with Crippen LogP contribution in [0, 0.1) is 11.8 Å². The lowest BCUT2D eigenvalue weighted by Gasteiger charge is -2.17. The van der Waals surface area contributed by atoms with Gasteiger partial charge in [-0.1, -0.05) is 17.9 Å².